The molecule has 2 rings (SSSR count). The predicted octanol–water partition coefficient (Wildman–Crippen LogP) is 3.25. The monoisotopic (exact) mass is 338 g/mol. The summed E-state index contributed by atoms with van der Waals surface area (Å²) in [6.45, 7) is 4.93. The van der Waals surface area contributed by atoms with Crippen molar-refractivity contribution in [3.8, 4) is 5.75 Å². The van der Waals surface area contributed by atoms with Gasteiger partial charge >= 0.3 is 5.97 Å². The third-order valence-electron chi connectivity index (χ3n) is 2.85. The Morgan fingerprint density at radius 1 is 1.50 bits per heavy atom. The summed E-state index contributed by atoms with van der Waals surface area (Å²) >= 11 is 3.32. The average molecular weight is 339 g/mol. The first-order valence-corrected chi connectivity index (χ1v) is 7.00. The first-order chi connectivity index (χ1) is 9.52. The molecule has 5 nitrogen and oxygen atoms in total. The van der Waals surface area contributed by atoms with E-state index in [-0.39, 0.29) is 12.2 Å². The molecular weight excluding hydrogens is 324 g/mol. The molecule has 2 aromatic rings. The van der Waals surface area contributed by atoms with E-state index in [2.05, 4.69) is 21.0 Å². The molecular formula is C14H15BrN2O3. The third kappa shape index (κ3) is 3.01. The first kappa shape index (κ1) is 14.6. The van der Waals surface area contributed by atoms with E-state index in [1.54, 1.807) is 12.1 Å². The summed E-state index contributed by atoms with van der Waals surface area (Å²) in [7, 11) is 0. The van der Waals surface area contributed by atoms with Crippen LogP contribution in [0.3, 0.4) is 0 Å². The fraction of sp³-hybridized carbons (Fsp3) is 0.286. The number of hydrogen-bond donors (Lipinski definition) is 1. The second kappa shape index (κ2) is 6.09. The van der Waals surface area contributed by atoms with Crippen LogP contribution in [-0.4, -0.2) is 20.9 Å². The Bertz CT molecular complexity index is 637. The van der Waals surface area contributed by atoms with E-state index in [9.17, 15) is 9.90 Å². The maximum atomic E-state index is 11.2. The molecule has 0 radical (unpaired) electrons. The Morgan fingerprint density at radius 2 is 2.25 bits per heavy atom. The fourth-order valence-corrected chi connectivity index (χ4v) is 2.44. The molecule has 0 unspecified atom stereocenters. The Labute approximate surface area is 125 Å². The Morgan fingerprint density at radius 3 is 2.90 bits per heavy atom. The second-order valence-corrected chi connectivity index (χ2v) is 5.16. The summed E-state index contributed by atoms with van der Waals surface area (Å²) in [5, 5.41) is 13.5. The van der Waals surface area contributed by atoms with E-state index < -0.39 is 5.97 Å². The van der Waals surface area contributed by atoms with Crippen LogP contribution in [0.25, 0.3) is 0 Å². The number of carboxylic acids is 1. The highest BCUT2D eigenvalue weighted by atomic mass is 79.9. The summed E-state index contributed by atoms with van der Waals surface area (Å²) in [6, 6.07) is 6.87. The molecule has 0 fully saturated rings. The van der Waals surface area contributed by atoms with E-state index in [1.165, 1.54) is 6.07 Å². The van der Waals surface area contributed by atoms with Crippen molar-refractivity contribution in [1.82, 2.24) is 9.78 Å². The number of rotatable bonds is 5. The number of halogens is 1. The van der Waals surface area contributed by atoms with Crippen molar-refractivity contribution in [2.45, 2.75) is 27.0 Å². The predicted molar refractivity (Wildman–Crippen MR) is 78.1 cm³/mol. The molecule has 106 valence electrons. The number of aromatic nitrogens is 2. The molecule has 0 saturated carbocycles. The van der Waals surface area contributed by atoms with Crippen LogP contribution in [-0.2, 0) is 13.2 Å². The lowest BCUT2D eigenvalue weighted by atomic mass is 10.2. The van der Waals surface area contributed by atoms with Gasteiger partial charge in [0.1, 0.15) is 17.9 Å². The van der Waals surface area contributed by atoms with Crippen LogP contribution >= 0.6 is 15.9 Å². The number of aryl methyl sites for hydroxylation is 2. The summed E-state index contributed by atoms with van der Waals surface area (Å²) in [6.07, 6.45) is 0. The third-order valence-corrected chi connectivity index (χ3v) is 3.47. The summed E-state index contributed by atoms with van der Waals surface area (Å²) in [4.78, 5) is 11.2. The van der Waals surface area contributed by atoms with E-state index >= 15 is 0 Å². The molecule has 20 heavy (non-hydrogen) atoms. The van der Waals surface area contributed by atoms with Crippen LogP contribution < -0.4 is 4.74 Å². The van der Waals surface area contributed by atoms with E-state index in [0.29, 0.717) is 10.2 Å². The molecule has 1 heterocycles. The highest BCUT2D eigenvalue weighted by Gasteiger charge is 2.15. The number of nitrogens with zero attached hydrogens (tertiary/aromatic N) is 2. The lowest BCUT2D eigenvalue weighted by Crippen LogP contribution is -2.08. The molecule has 0 saturated heterocycles. The Kier molecular flexibility index (Phi) is 4.44. The van der Waals surface area contributed by atoms with Crippen LogP contribution in [0.5, 0.6) is 5.75 Å². The normalized spacial score (nSPS) is 10.6. The number of aromatic carboxylic acids is 1. The van der Waals surface area contributed by atoms with Crippen LogP contribution in [0.15, 0.2) is 28.7 Å². The molecule has 1 aromatic carbocycles. The zero-order chi connectivity index (χ0) is 14.7. The summed E-state index contributed by atoms with van der Waals surface area (Å²) in [5.74, 6) is -0.678. The molecule has 0 aliphatic carbocycles. The Balaban J connectivity index is 2.24. The highest BCUT2D eigenvalue weighted by Crippen LogP contribution is 2.29. The van der Waals surface area contributed by atoms with E-state index in [4.69, 9.17) is 4.74 Å². The van der Waals surface area contributed by atoms with Crippen molar-refractivity contribution in [3.63, 3.8) is 0 Å². The van der Waals surface area contributed by atoms with Crippen molar-refractivity contribution >= 4 is 21.9 Å². The van der Waals surface area contributed by atoms with Gasteiger partial charge in [0.25, 0.3) is 0 Å². The molecule has 0 atom stereocenters. The van der Waals surface area contributed by atoms with Gasteiger partial charge in [-0.1, -0.05) is 6.07 Å². The summed E-state index contributed by atoms with van der Waals surface area (Å²) < 4.78 is 8.14. The lowest BCUT2D eigenvalue weighted by molar-refractivity contribution is 0.0691. The minimum absolute atomic E-state index is 0.138. The highest BCUT2D eigenvalue weighted by molar-refractivity contribution is 9.10. The number of carbonyl (C=O) groups is 1. The number of benzene rings is 1. The standard InChI is InChI=1S/C14H15BrN2O3/c1-3-17-10(7-9(2)16-17)8-20-13-11(14(18)19)5-4-6-12(13)15/h4-7H,3,8H2,1-2H3,(H,18,19). The quantitative estimate of drug-likeness (QED) is 0.908. The fourth-order valence-electron chi connectivity index (χ4n) is 1.96. The number of ether oxygens (including phenoxy) is 1. The van der Waals surface area contributed by atoms with Crippen LogP contribution in [0.4, 0.5) is 0 Å². The van der Waals surface area contributed by atoms with Crippen molar-refractivity contribution in [1.29, 1.82) is 0 Å². The zero-order valence-corrected chi connectivity index (χ0v) is 12.8. The van der Waals surface area contributed by atoms with Gasteiger partial charge < -0.3 is 9.84 Å². The van der Waals surface area contributed by atoms with E-state index in [0.717, 1.165) is 17.9 Å². The maximum absolute atomic E-state index is 11.2. The first-order valence-electron chi connectivity index (χ1n) is 6.20. The molecule has 0 aliphatic heterocycles. The molecule has 1 aromatic heterocycles. The lowest BCUT2D eigenvalue weighted by Gasteiger charge is -2.11. The van der Waals surface area contributed by atoms with Crippen molar-refractivity contribution in [2.75, 3.05) is 0 Å². The molecule has 0 amide bonds. The van der Waals surface area contributed by atoms with Gasteiger partial charge in [-0.2, -0.15) is 5.10 Å². The molecule has 6 heteroatoms. The minimum Gasteiger partial charge on any atom is -0.485 e. The number of para-hydroxylation sites is 1. The summed E-state index contributed by atoms with van der Waals surface area (Å²) in [5.41, 5.74) is 1.96. The topological polar surface area (TPSA) is 64.4 Å². The zero-order valence-electron chi connectivity index (χ0n) is 11.3. The van der Waals surface area contributed by atoms with Gasteiger partial charge in [-0.25, -0.2) is 4.79 Å². The average Bonchev–Trinajstić information content (AvgIpc) is 2.77. The van der Waals surface area contributed by atoms with Crippen LogP contribution in [0.1, 0.15) is 28.7 Å². The van der Waals surface area contributed by atoms with Gasteiger partial charge in [0.15, 0.2) is 0 Å². The van der Waals surface area contributed by atoms with E-state index in [1.807, 2.05) is 24.6 Å². The van der Waals surface area contributed by atoms with Gasteiger partial charge in [0.05, 0.1) is 15.9 Å². The van der Waals surface area contributed by atoms with Gasteiger partial charge in [0, 0.05) is 6.54 Å². The van der Waals surface area contributed by atoms with Crippen molar-refractivity contribution in [3.05, 3.63) is 45.7 Å². The smallest absolute Gasteiger partial charge is 0.339 e. The van der Waals surface area contributed by atoms with Gasteiger partial charge in [0.2, 0.25) is 0 Å². The van der Waals surface area contributed by atoms with Crippen molar-refractivity contribution < 1.29 is 14.6 Å². The number of hydrogen-bond acceptors (Lipinski definition) is 3. The largest absolute Gasteiger partial charge is 0.485 e. The maximum Gasteiger partial charge on any atom is 0.339 e. The molecule has 0 bridgehead atoms. The molecule has 0 spiro atoms. The SMILES string of the molecule is CCn1nc(C)cc1COc1c(Br)cccc1C(=O)O. The Hall–Kier alpha value is -1.82. The van der Waals surface area contributed by atoms with Crippen LogP contribution in [0.2, 0.25) is 0 Å². The molecule has 0 aliphatic rings. The van der Waals surface area contributed by atoms with Gasteiger partial charge in [-0.3, -0.25) is 4.68 Å². The van der Waals surface area contributed by atoms with Gasteiger partial charge in [-0.05, 0) is 48.0 Å². The van der Waals surface area contributed by atoms with Gasteiger partial charge in [-0.15, -0.1) is 0 Å². The number of carboxylic acid groups (broad SMARTS) is 1. The van der Waals surface area contributed by atoms with Crippen molar-refractivity contribution in [2.24, 2.45) is 0 Å². The minimum atomic E-state index is -1.01. The molecule has 1 N–H and O–H groups in total. The van der Waals surface area contributed by atoms with Crippen LogP contribution in [0, 0.1) is 6.92 Å². The second-order valence-electron chi connectivity index (χ2n) is 4.30.